The van der Waals surface area contributed by atoms with E-state index in [9.17, 15) is 14.7 Å². The standard InChI is InChI=1S/C13H14N2O4/c1-13(2,3)19-12(18)15-7-14-9-6-8(11(16)17)4-5-10(9)15/h4-7H,1-3H3,(H,16,17)/p-1. The van der Waals surface area contributed by atoms with E-state index >= 15 is 0 Å². The molecule has 0 fully saturated rings. The number of imidazole rings is 1. The Bertz CT molecular complexity index is 652. The van der Waals surface area contributed by atoms with Gasteiger partial charge in [-0.1, -0.05) is 6.07 Å². The molecule has 0 N–H and O–H groups in total. The van der Waals surface area contributed by atoms with Crippen molar-refractivity contribution < 1.29 is 19.4 Å². The van der Waals surface area contributed by atoms with E-state index in [2.05, 4.69) is 4.98 Å². The highest BCUT2D eigenvalue weighted by molar-refractivity contribution is 5.93. The number of aromatic nitrogens is 2. The van der Waals surface area contributed by atoms with Gasteiger partial charge in [-0.2, -0.15) is 0 Å². The molecule has 2 rings (SSSR count). The average Bonchev–Trinajstić information content (AvgIpc) is 2.68. The van der Waals surface area contributed by atoms with Crippen LogP contribution >= 0.6 is 0 Å². The fraction of sp³-hybridized carbons (Fsp3) is 0.308. The van der Waals surface area contributed by atoms with Crippen LogP contribution in [0.15, 0.2) is 24.5 Å². The van der Waals surface area contributed by atoms with Gasteiger partial charge in [0, 0.05) is 0 Å². The van der Waals surface area contributed by atoms with Crippen molar-refractivity contribution in [1.29, 1.82) is 0 Å². The Morgan fingerprint density at radius 3 is 2.58 bits per heavy atom. The third kappa shape index (κ3) is 2.73. The molecule has 0 aliphatic carbocycles. The van der Waals surface area contributed by atoms with Crippen molar-refractivity contribution in [2.45, 2.75) is 26.4 Å². The van der Waals surface area contributed by atoms with Gasteiger partial charge in [0.25, 0.3) is 0 Å². The molecule has 1 aromatic carbocycles. The number of ether oxygens (including phenoxy) is 1. The maximum atomic E-state index is 11.9. The van der Waals surface area contributed by atoms with Crippen molar-refractivity contribution in [2.24, 2.45) is 0 Å². The SMILES string of the molecule is CC(C)(C)OC(=O)n1cnc2cc(C(=O)[O-])ccc21. The summed E-state index contributed by atoms with van der Waals surface area (Å²) in [7, 11) is 0. The number of carboxylic acids is 1. The van der Waals surface area contributed by atoms with Crippen molar-refractivity contribution in [3.8, 4) is 0 Å². The number of hydrogen-bond donors (Lipinski definition) is 0. The van der Waals surface area contributed by atoms with Gasteiger partial charge in [-0.25, -0.2) is 14.3 Å². The summed E-state index contributed by atoms with van der Waals surface area (Å²) in [6.07, 6.45) is 0.744. The van der Waals surface area contributed by atoms with E-state index < -0.39 is 17.7 Å². The molecule has 1 aromatic heterocycles. The second kappa shape index (κ2) is 4.38. The third-order valence-electron chi connectivity index (χ3n) is 2.37. The van der Waals surface area contributed by atoms with Crippen molar-refractivity contribution in [1.82, 2.24) is 9.55 Å². The van der Waals surface area contributed by atoms with Crippen molar-refractivity contribution in [3.05, 3.63) is 30.1 Å². The van der Waals surface area contributed by atoms with Crippen LogP contribution in [0, 0.1) is 0 Å². The molecule has 100 valence electrons. The van der Waals surface area contributed by atoms with Crippen molar-refractivity contribution in [3.63, 3.8) is 0 Å². The normalized spacial score (nSPS) is 11.5. The molecule has 0 bridgehead atoms. The molecule has 6 heteroatoms. The number of hydrogen-bond acceptors (Lipinski definition) is 5. The highest BCUT2D eigenvalue weighted by Gasteiger charge is 2.19. The van der Waals surface area contributed by atoms with Gasteiger partial charge in [0.1, 0.15) is 11.9 Å². The first kappa shape index (κ1) is 13.1. The smallest absolute Gasteiger partial charge is 0.420 e. The van der Waals surface area contributed by atoms with Gasteiger partial charge >= 0.3 is 6.09 Å². The van der Waals surface area contributed by atoms with Crippen LogP contribution in [0.5, 0.6) is 0 Å². The fourth-order valence-electron chi connectivity index (χ4n) is 1.60. The van der Waals surface area contributed by atoms with Gasteiger partial charge in [-0.05, 0) is 38.5 Å². The Hall–Kier alpha value is -2.37. The number of carboxylic acid groups (broad SMARTS) is 1. The zero-order valence-electron chi connectivity index (χ0n) is 10.8. The lowest BCUT2D eigenvalue weighted by atomic mass is 10.2. The third-order valence-corrected chi connectivity index (χ3v) is 2.37. The number of rotatable bonds is 1. The minimum absolute atomic E-state index is 0.0157. The van der Waals surface area contributed by atoms with Crippen LogP contribution < -0.4 is 5.11 Å². The lowest BCUT2D eigenvalue weighted by Crippen LogP contribution is -2.26. The molecular formula is C13H13N2O4-. The van der Waals surface area contributed by atoms with Crippen molar-refractivity contribution >= 4 is 23.1 Å². The molecular weight excluding hydrogens is 248 g/mol. The first-order chi connectivity index (χ1) is 8.78. The molecule has 1 heterocycles. The van der Waals surface area contributed by atoms with E-state index in [1.807, 2.05) is 0 Å². The first-order valence-electron chi connectivity index (χ1n) is 5.70. The molecule has 0 aliphatic rings. The van der Waals surface area contributed by atoms with Crippen LogP contribution in [-0.4, -0.2) is 27.2 Å². The lowest BCUT2D eigenvalue weighted by molar-refractivity contribution is -0.255. The summed E-state index contributed by atoms with van der Waals surface area (Å²) in [4.78, 5) is 26.6. The predicted octanol–water partition coefficient (Wildman–Crippen LogP) is 1.18. The summed E-state index contributed by atoms with van der Waals surface area (Å²) in [6.45, 7) is 5.29. The summed E-state index contributed by atoms with van der Waals surface area (Å²) in [5.41, 5.74) is 0.284. The van der Waals surface area contributed by atoms with Crippen LogP contribution in [0.4, 0.5) is 4.79 Å². The van der Waals surface area contributed by atoms with E-state index in [4.69, 9.17) is 4.74 Å². The van der Waals surface area contributed by atoms with E-state index in [0.717, 1.165) is 0 Å². The summed E-state index contributed by atoms with van der Waals surface area (Å²) >= 11 is 0. The second-order valence-electron chi connectivity index (χ2n) is 5.09. The first-order valence-corrected chi connectivity index (χ1v) is 5.70. The predicted molar refractivity (Wildman–Crippen MR) is 65.7 cm³/mol. The van der Waals surface area contributed by atoms with E-state index in [1.54, 1.807) is 20.8 Å². The molecule has 0 spiro atoms. The molecule has 0 amide bonds. The summed E-state index contributed by atoms with van der Waals surface area (Å²) in [5, 5.41) is 10.7. The van der Waals surface area contributed by atoms with Gasteiger partial charge in [-0.15, -0.1) is 0 Å². The minimum Gasteiger partial charge on any atom is -0.545 e. The molecule has 0 aliphatic heterocycles. The molecule has 0 radical (unpaired) electrons. The van der Waals surface area contributed by atoms with Crippen LogP contribution in [-0.2, 0) is 4.74 Å². The Kier molecular flexibility index (Phi) is 3.01. The van der Waals surface area contributed by atoms with Gasteiger partial charge in [-0.3, -0.25) is 0 Å². The minimum atomic E-state index is -1.28. The highest BCUT2D eigenvalue weighted by atomic mass is 16.6. The van der Waals surface area contributed by atoms with Gasteiger partial charge < -0.3 is 14.6 Å². The highest BCUT2D eigenvalue weighted by Crippen LogP contribution is 2.17. The van der Waals surface area contributed by atoms with Crippen molar-refractivity contribution in [2.75, 3.05) is 0 Å². The maximum Gasteiger partial charge on any atom is 0.420 e. The fourth-order valence-corrected chi connectivity index (χ4v) is 1.60. The monoisotopic (exact) mass is 261 g/mol. The van der Waals surface area contributed by atoms with Gasteiger partial charge in [0.2, 0.25) is 0 Å². The number of aromatic carboxylic acids is 1. The number of carbonyl (C=O) groups is 2. The van der Waals surface area contributed by atoms with Crippen LogP contribution in [0.2, 0.25) is 0 Å². The summed E-state index contributed by atoms with van der Waals surface area (Å²) in [5.74, 6) is -1.28. The number of benzene rings is 1. The maximum absolute atomic E-state index is 11.9. The molecule has 0 atom stereocenters. The van der Waals surface area contributed by atoms with E-state index in [0.29, 0.717) is 11.0 Å². The largest absolute Gasteiger partial charge is 0.545 e. The van der Waals surface area contributed by atoms with Crippen LogP contribution in [0.3, 0.4) is 0 Å². The Morgan fingerprint density at radius 2 is 2.00 bits per heavy atom. The molecule has 0 saturated carbocycles. The van der Waals surface area contributed by atoms with Gasteiger partial charge in [0.15, 0.2) is 0 Å². The molecule has 6 nitrogen and oxygen atoms in total. The number of nitrogens with zero attached hydrogens (tertiary/aromatic N) is 2. The molecule has 0 saturated heterocycles. The summed E-state index contributed by atoms with van der Waals surface area (Å²) in [6, 6.07) is 4.21. The Morgan fingerprint density at radius 1 is 1.32 bits per heavy atom. The lowest BCUT2D eigenvalue weighted by Gasteiger charge is -2.19. The van der Waals surface area contributed by atoms with E-state index in [1.165, 1.54) is 29.1 Å². The topological polar surface area (TPSA) is 84.2 Å². The molecule has 19 heavy (non-hydrogen) atoms. The Labute approximate surface area is 109 Å². The quantitative estimate of drug-likeness (QED) is 0.769. The van der Waals surface area contributed by atoms with Crippen LogP contribution in [0.1, 0.15) is 31.1 Å². The summed E-state index contributed by atoms with van der Waals surface area (Å²) < 4.78 is 6.46. The zero-order valence-corrected chi connectivity index (χ0v) is 10.8. The zero-order chi connectivity index (χ0) is 14.2. The van der Waals surface area contributed by atoms with E-state index in [-0.39, 0.29) is 5.56 Å². The molecule has 2 aromatic rings. The second-order valence-corrected chi connectivity index (χ2v) is 5.09. The average molecular weight is 261 g/mol. The number of fused-ring (bicyclic) bond motifs is 1. The molecule has 0 unspecified atom stereocenters. The number of carbonyl (C=O) groups excluding carboxylic acids is 2. The Balaban J connectivity index is 2.41. The van der Waals surface area contributed by atoms with Gasteiger partial charge in [0.05, 0.1) is 17.0 Å². The van der Waals surface area contributed by atoms with Crippen LogP contribution in [0.25, 0.3) is 11.0 Å².